The molecule has 12 heteroatoms. The lowest BCUT2D eigenvalue weighted by atomic mass is 10.1. The van der Waals surface area contributed by atoms with Gasteiger partial charge in [-0.2, -0.15) is 0 Å². The zero-order chi connectivity index (χ0) is 28.5. The summed E-state index contributed by atoms with van der Waals surface area (Å²) in [5, 5.41) is 28.6. The van der Waals surface area contributed by atoms with E-state index in [-0.39, 0.29) is 30.2 Å². The van der Waals surface area contributed by atoms with Crippen LogP contribution in [0.2, 0.25) is 0 Å². The first-order chi connectivity index (χ1) is 18.6. The number of hydrogen-bond donors (Lipinski definition) is 4. The summed E-state index contributed by atoms with van der Waals surface area (Å²) in [6, 6.07) is 14.7. The summed E-state index contributed by atoms with van der Waals surface area (Å²) in [7, 11) is 1.45. The van der Waals surface area contributed by atoms with Crippen molar-refractivity contribution in [2.45, 2.75) is 26.3 Å². The molecule has 3 aromatic carbocycles. The Bertz CT molecular complexity index is 1390. The number of anilines is 2. The number of urea groups is 1. The van der Waals surface area contributed by atoms with Crippen LogP contribution in [0, 0.1) is 17.0 Å². The summed E-state index contributed by atoms with van der Waals surface area (Å²) in [5.74, 6) is -1.36. The summed E-state index contributed by atoms with van der Waals surface area (Å²) in [5.41, 5.74) is 1.91. The second-order valence-corrected chi connectivity index (χ2v) is 8.63. The number of hydrogen-bond acceptors (Lipinski definition) is 7. The fourth-order valence-electron chi connectivity index (χ4n) is 3.62. The lowest BCUT2D eigenvalue weighted by molar-refractivity contribution is -0.385. The molecule has 0 radical (unpaired) electrons. The first-order valence-corrected chi connectivity index (χ1v) is 11.8. The van der Waals surface area contributed by atoms with Gasteiger partial charge in [0.25, 0.3) is 0 Å². The van der Waals surface area contributed by atoms with Crippen molar-refractivity contribution in [3.05, 3.63) is 87.5 Å². The summed E-state index contributed by atoms with van der Waals surface area (Å²) >= 11 is 0. The third-order valence-corrected chi connectivity index (χ3v) is 5.57. The number of methoxy groups -OCH3 is 1. The van der Waals surface area contributed by atoms with Gasteiger partial charge in [-0.05, 0) is 55.3 Å². The summed E-state index contributed by atoms with van der Waals surface area (Å²) in [4.78, 5) is 46.6. The monoisotopic (exact) mass is 536 g/mol. The number of para-hydroxylation sites is 1. The number of nitrogens with one attached hydrogen (secondary N) is 3. The molecule has 3 amide bonds. The van der Waals surface area contributed by atoms with Crippen LogP contribution in [-0.2, 0) is 11.2 Å². The highest BCUT2D eigenvalue weighted by Crippen LogP contribution is 2.28. The molecule has 0 bridgehead atoms. The minimum Gasteiger partial charge on any atom is -0.495 e. The van der Waals surface area contributed by atoms with Crippen LogP contribution < -0.4 is 25.4 Å². The van der Waals surface area contributed by atoms with E-state index >= 15 is 0 Å². The second-order valence-electron chi connectivity index (χ2n) is 8.63. The fraction of sp³-hybridized carbons (Fsp3) is 0.222. The molecule has 204 valence electrons. The quantitative estimate of drug-likeness (QED) is 0.207. The number of carbonyl (C=O) groups is 3. The Labute approximate surface area is 224 Å². The number of rotatable bonds is 11. The number of benzene rings is 3. The molecule has 39 heavy (non-hydrogen) atoms. The Morgan fingerprint density at radius 2 is 1.72 bits per heavy atom. The Morgan fingerprint density at radius 1 is 1.00 bits per heavy atom. The minimum absolute atomic E-state index is 0.00381. The third-order valence-electron chi connectivity index (χ3n) is 5.57. The van der Waals surface area contributed by atoms with Crippen LogP contribution in [-0.4, -0.2) is 47.7 Å². The van der Waals surface area contributed by atoms with E-state index in [0.717, 1.165) is 11.6 Å². The maximum Gasteiger partial charge on any atom is 0.335 e. The molecule has 1 atom stereocenters. The lowest BCUT2D eigenvalue weighted by Gasteiger charge is -2.16. The van der Waals surface area contributed by atoms with Gasteiger partial charge in [-0.25, -0.2) is 9.59 Å². The molecule has 0 unspecified atom stereocenters. The zero-order valence-electron chi connectivity index (χ0n) is 21.5. The molecular weight excluding hydrogens is 508 g/mol. The molecule has 0 heterocycles. The molecule has 12 nitrogen and oxygen atoms in total. The molecule has 0 saturated heterocycles. The van der Waals surface area contributed by atoms with Gasteiger partial charge >= 0.3 is 17.7 Å². The predicted octanol–water partition coefficient (Wildman–Crippen LogP) is 4.38. The summed E-state index contributed by atoms with van der Waals surface area (Å²) in [6.07, 6.45) is 0.00381. The van der Waals surface area contributed by atoms with Gasteiger partial charge in [0, 0.05) is 11.8 Å². The van der Waals surface area contributed by atoms with Crippen molar-refractivity contribution in [1.29, 1.82) is 0 Å². The Morgan fingerprint density at radius 3 is 2.38 bits per heavy atom. The number of amides is 3. The highest BCUT2D eigenvalue weighted by Gasteiger charge is 2.20. The molecular formula is C27H28N4O8. The average Bonchev–Trinajstić information content (AvgIpc) is 2.89. The predicted molar refractivity (Wildman–Crippen MR) is 144 cm³/mol. The molecule has 3 aromatic rings. The van der Waals surface area contributed by atoms with E-state index in [2.05, 4.69) is 16.0 Å². The standard InChI is InChI=1S/C27H28N4O8/c1-16-6-4-5-7-20(16)29-27(35)30-21-10-8-18(12-24(21)38-3)13-25(32)28-17(2)15-39-23-11-9-19(26(33)34)14-22(23)31(36)37/h4-12,14,17H,13,15H2,1-3H3,(H,28,32)(H,33,34)(H2,29,30,35)/t17-/m0/s1. The van der Waals surface area contributed by atoms with E-state index in [9.17, 15) is 24.5 Å². The molecule has 0 spiro atoms. The number of carboxylic acids is 1. The van der Waals surface area contributed by atoms with Gasteiger partial charge in [0.2, 0.25) is 5.91 Å². The van der Waals surface area contributed by atoms with Crippen LogP contribution in [0.25, 0.3) is 0 Å². The van der Waals surface area contributed by atoms with Crippen LogP contribution in [0.15, 0.2) is 60.7 Å². The molecule has 0 aliphatic heterocycles. The van der Waals surface area contributed by atoms with Crippen molar-refractivity contribution in [2.75, 3.05) is 24.4 Å². The topological polar surface area (TPSA) is 169 Å². The number of ether oxygens (including phenoxy) is 2. The molecule has 3 rings (SSSR count). The number of carbonyl (C=O) groups excluding carboxylic acids is 2. The van der Waals surface area contributed by atoms with Crippen molar-refractivity contribution >= 4 is 35.0 Å². The third kappa shape index (κ3) is 7.92. The van der Waals surface area contributed by atoms with E-state index in [1.807, 2.05) is 25.1 Å². The van der Waals surface area contributed by atoms with Gasteiger partial charge in [0.05, 0.1) is 35.7 Å². The average molecular weight is 537 g/mol. The normalized spacial score (nSPS) is 11.2. The number of nitro groups is 1. The number of aryl methyl sites for hydroxylation is 1. The molecule has 0 aliphatic rings. The zero-order valence-corrected chi connectivity index (χ0v) is 21.5. The fourth-order valence-corrected chi connectivity index (χ4v) is 3.62. The van der Waals surface area contributed by atoms with Crippen LogP contribution >= 0.6 is 0 Å². The van der Waals surface area contributed by atoms with Gasteiger partial charge < -0.3 is 30.5 Å². The Kier molecular flexibility index (Phi) is 9.41. The second kappa shape index (κ2) is 12.9. The van der Waals surface area contributed by atoms with Gasteiger partial charge in [-0.1, -0.05) is 24.3 Å². The highest BCUT2D eigenvalue weighted by molar-refractivity contribution is 6.01. The van der Waals surface area contributed by atoms with E-state index in [0.29, 0.717) is 22.7 Å². The molecule has 0 saturated carbocycles. The van der Waals surface area contributed by atoms with E-state index in [4.69, 9.17) is 14.6 Å². The van der Waals surface area contributed by atoms with E-state index in [1.165, 1.54) is 19.2 Å². The Hall–Kier alpha value is -5.13. The number of nitro benzene ring substituents is 1. The first kappa shape index (κ1) is 28.4. The van der Waals surface area contributed by atoms with Gasteiger partial charge in [-0.3, -0.25) is 14.9 Å². The van der Waals surface area contributed by atoms with Gasteiger partial charge in [-0.15, -0.1) is 0 Å². The van der Waals surface area contributed by atoms with Crippen molar-refractivity contribution in [1.82, 2.24) is 5.32 Å². The number of aromatic carboxylic acids is 1. The van der Waals surface area contributed by atoms with E-state index in [1.54, 1.807) is 31.2 Å². The SMILES string of the molecule is COc1cc(CC(=O)N[C@@H](C)COc2ccc(C(=O)O)cc2[N+](=O)[O-])ccc1NC(=O)Nc1ccccc1C. The largest absolute Gasteiger partial charge is 0.495 e. The first-order valence-electron chi connectivity index (χ1n) is 11.8. The summed E-state index contributed by atoms with van der Waals surface area (Å²) in [6.45, 7) is 3.46. The summed E-state index contributed by atoms with van der Waals surface area (Å²) < 4.78 is 10.8. The molecule has 4 N–H and O–H groups in total. The Balaban J connectivity index is 1.56. The smallest absolute Gasteiger partial charge is 0.335 e. The van der Waals surface area contributed by atoms with Crippen LogP contribution in [0.3, 0.4) is 0 Å². The lowest BCUT2D eigenvalue weighted by Crippen LogP contribution is -2.37. The van der Waals surface area contributed by atoms with Crippen molar-refractivity contribution in [3.63, 3.8) is 0 Å². The van der Waals surface area contributed by atoms with E-state index < -0.39 is 28.7 Å². The maximum absolute atomic E-state index is 12.6. The van der Waals surface area contributed by atoms with Crippen molar-refractivity contribution < 1.29 is 33.9 Å². The van der Waals surface area contributed by atoms with Crippen molar-refractivity contribution in [3.8, 4) is 11.5 Å². The van der Waals surface area contributed by atoms with Crippen LogP contribution in [0.1, 0.15) is 28.4 Å². The number of nitrogens with zero attached hydrogens (tertiary/aromatic N) is 1. The van der Waals surface area contributed by atoms with Gasteiger partial charge in [0.1, 0.15) is 12.4 Å². The molecule has 0 aromatic heterocycles. The van der Waals surface area contributed by atoms with Crippen LogP contribution in [0.5, 0.6) is 11.5 Å². The number of carboxylic acid groups (broad SMARTS) is 1. The van der Waals surface area contributed by atoms with Gasteiger partial charge in [0.15, 0.2) is 5.75 Å². The highest BCUT2D eigenvalue weighted by atomic mass is 16.6. The maximum atomic E-state index is 12.6. The molecule has 0 aliphatic carbocycles. The van der Waals surface area contributed by atoms with Crippen LogP contribution in [0.4, 0.5) is 21.9 Å². The van der Waals surface area contributed by atoms with Crippen molar-refractivity contribution in [2.24, 2.45) is 0 Å². The molecule has 0 fully saturated rings. The minimum atomic E-state index is -1.30.